The van der Waals surface area contributed by atoms with Crippen LogP contribution in [-0.4, -0.2) is 18.1 Å². The van der Waals surface area contributed by atoms with Crippen LogP contribution in [-0.2, 0) is 4.79 Å². The Balaban J connectivity index is 1.95. The molecule has 1 amide bonds. The van der Waals surface area contributed by atoms with Crippen LogP contribution < -0.4 is 20.7 Å². The molecule has 134 valence electrons. The Morgan fingerprint density at radius 1 is 1.19 bits per heavy atom. The van der Waals surface area contributed by atoms with Crippen LogP contribution in [0.1, 0.15) is 18.5 Å². The van der Waals surface area contributed by atoms with E-state index in [1.54, 1.807) is 31.4 Å². The largest absolute Gasteiger partial charge is 0.495 e. The van der Waals surface area contributed by atoms with Gasteiger partial charge in [0.15, 0.2) is 5.11 Å². The minimum Gasteiger partial charge on any atom is -0.495 e. The van der Waals surface area contributed by atoms with Crippen LogP contribution in [0.3, 0.4) is 0 Å². The second kappa shape index (κ2) is 7.76. The van der Waals surface area contributed by atoms with Crippen molar-refractivity contribution in [2.75, 3.05) is 12.4 Å². The predicted octanol–water partition coefficient (Wildman–Crippen LogP) is 3.78. The lowest BCUT2D eigenvalue weighted by Gasteiger charge is -2.30. The number of hydrogen-bond donors (Lipinski definition) is 3. The molecule has 1 heterocycles. The quantitative estimate of drug-likeness (QED) is 0.697. The lowest BCUT2D eigenvalue weighted by molar-refractivity contribution is -0.113. The van der Waals surface area contributed by atoms with Gasteiger partial charge in [-0.1, -0.05) is 35.9 Å². The second-order valence-corrected chi connectivity index (χ2v) is 6.62. The van der Waals surface area contributed by atoms with Gasteiger partial charge in [-0.25, -0.2) is 0 Å². The topological polar surface area (TPSA) is 62.4 Å². The van der Waals surface area contributed by atoms with Gasteiger partial charge < -0.3 is 20.7 Å². The molecule has 3 N–H and O–H groups in total. The van der Waals surface area contributed by atoms with Gasteiger partial charge in [0.05, 0.1) is 24.4 Å². The number of anilines is 1. The summed E-state index contributed by atoms with van der Waals surface area (Å²) in [5.74, 6) is 0.351. The fourth-order valence-electron chi connectivity index (χ4n) is 2.84. The molecule has 1 atom stereocenters. The summed E-state index contributed by atoms with van der Waals surface area (Å²) in [4.78, 5) is 13.0. The fourth-order valence-corrected chi connectivity index (χ4v) is 3.23. The molecule has 0 aliphatic carbocycles. The molecule has 0 bridgehead atoms. The molecule has 0 fully saturated rings. The number of halogens is 1. The molecular formula is C19H18ClN3O2S. The Bertz CT molecular complexity index is 881. The Morgan fingerprint density at radius 3 is 2.58 bits per heavy atom. The number of thiocarbonyl (C=S) groups is 1. The molecule has 0 saturated heterocycles. The van der Waals surface area contributed by atoms with E-state index in [1.165, 1.54) is 0 Å². The molecule has 26 heavy (non-hydrogen) atoms. The zero-order valence-electron chi connectivity index (χ0n) is 14.3. The average molecular weight is 388 g/mol. The molecule has 2 aromatic rings. The van der Waals surface area contributed by atoms with Crippen molar-refractivity contribution in [1.82, 2.24) is 10.6 Å². The molecule has 0 saturated carbocycles. The van der Waals surface area contributed by atoms with Crippen molar-refractivity contribution >= 4 is 40.5 Å². The molecule has 0 aromatic heterocycles. The van der Waals surface area contributed by atoms with Crippen molar-refractivity contribution in [3.63, 3.8) is 0 Å². The lowest BCUT2D eigenvalue weighted by atomic mass is 9.95. The number of carbonyl (C=O) groups is 1. The number of rotatable bonds is 4. The van der Waals surface area contributed by atoms with E-state index in [-0.39, 0.29) is 11.9 Å². The molecule has 0 radical (unpaired) electrons. The van der Waals surface area contributed by atoms with Gasteiger partial charge in [-0.2, -0.15) is 0 Å². The van der Waals surface area contributed by atoms with Crippen LogP contribution >= 0.6 is 23.8 Å². The summed E-state index contributed by atoms with van der Waals surface area (Å²) in [7, 11) is 1.56. The van der Waals surface area contributed by atoms with Gasteiger partial charge in [0.1, 0.15) is 5.75 Å². The minimum absolute atomic E-state index is 0.241. The van der Waals surface area contributed by atoms with Gasteiger partial charge >= 0.3 is 0 Å². The summed E-state index contributed by atoms with van der Waals surface area (Å²) in [5.41, 5.74) is 2.74. The molecule has 3 rings (SSSR count). The van der Waals surface area contributed by atoms with Crippen molar-refractivity contribution in [3.8, 4) is 5.75 Å². The van der Waals surface area contributed by atoms with Gasteiger partial charge in [-0.15, -0.1) is 0 Å². The van der Waals surface area contributed by atoms with Gasteiger partial charge in [0.25, 0.3) is 5.91 Å². The third kappa shape index (κ3) is 3.81. The van der Waals surface area contributed by atoms with E-state index in [0.717, 1.165) is 5.56 Å². The number of para-hydroxylation sites is 2. The number of nitrogens with one attached hydrogen (secondary N) is 3. The number of methoxy groups -OCH3 is 1. The molecular weight excluding hydrogens is 370 g/mol. The van der Waals surface area contributed by atoms with Crippen LogP contribution in [0.25, 0.3) is 0 Å². The van der Waals surface area contributed by atoms with Crippen molar-refractivity contribution < 1.29 is 9.53 Å². The lowest BCUT2D eigenvalue weighted by Crippen LogP contribution is -2.45. The van der Waals surface area contributed by atoms with Crippen LogP contribution in [0, 0.1) is 0 Å². The molecule has 0 unspecified atom stereocenters. The maximum Gasteiger partial charge on any atom is 0.255 e. The highest BCUT2D eigenvalue weighted by Crippen LogP contribution is 2.30. The normalized spacial score (nSPS) is 16.6. The zero-order chi connectivity index (χ0) is 18.7. The van der Waals surface area contributed by atoms with E-state index >= 15 is 0 Å². The third-order valence-electron chi connectivity index (χ3n) is 4.07. The Labute approximate surface area is 162 Å². The van der Waals surface area contributed by atoms with E-state index in [9.17, 15) is 4.79 Å². The number of allylic oxidation sites excluding steroid dienone is 1. The average Bonchev–Trinajstić information content (AvgIpc) is 2.62. The van der Waals surface area contributed by atoms with Crippen molar-refractivity contribution in [3.05, 3.63) is 70.4 Å². The van der Waals surface area contributed by atoms with Crippen LogP contribution in [0.15, 0.2) is 59.8 Å². The standard InChI is InChI=1S/C19H18ClN3O2S/c1-11-16(18(24)22-14-5-3-4-6-15(14)25-2)17(23-19(26)21-11)12-7-9-13(20)10-8-12/h3-10,17H,1-2H3,(H,22,24)(H2,21,23,26)/t17-/m1/s1. The van der Waals surface area contributed by atoms with Crippen molar-refractivity contribution in [2.45, 2.75) is 13.0 Å². The predicted molar refractivity (Wildman–Crippen MR) is 107 cm³/mol. The number of benzene rings is 2. The molecule has 5 nitrogen and oxygen atoms in total. The number of hydrogen-bond acceptors (Lipinski definition) is 3. The smallest absolute Gasteiger partial charge is 0.255 e. The summed E-state index contributed by atoms with van der Waals surface area (Å²) in [5, 5.41) is 10.2. The third-order valence-corrected chi connectivity index (χ3v) is 4.54. The highest BCUT2D eigenvalue weighted by Gasteiger charge is 2.30. The molecule has 1 aliphatic heterocycles. The Hall–Kier alpha value is -2.57. The summed E-state index contributed by atoms with van der Waals surface area (Å²) in [6.07, 6.45) is 0. The summed E-state index contributed by atoms with van der Waals surface area (Å²) >= 11 is 11.2. The monoisotopic (exact) mass is 387 g/mol. The highest BCUT2D eigenvalue weighted by atomic mass is 35.5. The first-order valence-electron chi connectivity index (χ1n) is 7.97. The van der Waals surface area contributed by atoms with Gasteiger partial charge in [-0.05, 0) is 49.0 Å². The van der Waals surface area contributed by atoms with Gasteiger partial charge in [0.2, 0.25) is 0 Å². The number of carbonyl (C=O) groups excluding carboxylic acids is 1. The first kappa shape index (κ1) is 18.2. The van der Waals surface area contributed by atoms with Crippen molar-refractivity contribution in [2.24, 2.45) is 0 Å². The van der Waals surface area contributed by atoms with Crippen LogP contribution in [0.4, 0.5) is 5.69 Å². The Morgan fingerprint density at radius 2 is 1.88 bits per heavy atom. The van der Waals surface area contributed by atoms with E-state index in [1.807, 2.05) is 31.2 Å². The van der Waals surface area contributed by atoms with E-state index in [4.69, 9.17) is 28.6 Å². The van der Waals surface area contributed by atoms with Crippen LogP contribution in [0.5, 0.6) is 5.75 Å². The van der Waals surface area contributed by atoms with E-state index in [0.29, 0.717) is 32.8 Å². The number of ether oxygens (including phenoxy) is 1. The number of amides is 1. The van der Waals surface area contributed by atoms with E-state index < -0.39 is 0 Å². The zero-order valence-corrected chi connectivity index (χ0v) is 15.9. The van der Waals surface area contributed by atoms with Crippen LogP contribution in [0.2, 0.25) is 5.02 Å². The molecule has 7 heteroatoms. The van der Waals surface area contributed by atoms with Crippen molar-refractivity contribution in [1.29, 1.82) is 0 Å². The maximum atomic E-state index is 13.0. The molecule has 2 aromatic carbocycles. The van der Waals surface area contributed by atoms with Gasteiger partial charge in [0, 0.05) is 10.7 Å². The second-order valence-electron chi connectivity index (χ2n) is 5.78. The fraction of sp³-hybridized carbons (Fsp3) is 0.158. The molecule has 0 spiro atoms. The summed E-state index contributed by atoms with van der Waals surface area (Å²) in [6, 6.07) is 14.2. The van der Waals surface area contributed by atoms with E-state index in [2.05, 4.69) is 16.0 Å². The first-order chi connectivity index (χ1) is 12.5. The first-order valence-corrected chi connectivity index (χ1v) is 8.76. The highest BCUT2D eigenvalue weighted by molar-refractivity contribution is 7.80. The SMILES string of the molecule is COc1ccccc1NC(=O)C1=C(C)NC(=S)N[C@@H]1c1ccc(Cl)cc1. The summed E-state index contributed by atoms with van der Waals surface area (Å²) < 4.78 is 5.30. The summed E-state index contributed by atoms with van der Waals surface area (Å²) in [6.45, 7) is 1.83. The maximum absolute atomic E-state index is 13.0. The van der Waals surface area contributed by atoms with Gasteiger partial charge in [-0.3, -0.25) is 4.79 Å². The minimum atomic E-state index is -0.379. The Kier molecular flexibility index (Phi) is 5.44. The molecule has 1 aliphatic rings.